The Hall–Kier alpha value is -4.73. The molecule has 2 saturated heterocycles. The Morgan fingerprint density at radius 3 is 2.27 bits per heavy atom. The lowest BCUT2D eigenvalue weighted by Gasteiger charge is -2.50. The molecule has 6 unspecified atom stereocenters. The van der Waals surface area contributed by atoms with Gasteiger partial charge in [-0.25, -0.2) is 4.90 Å². The van der Waals surface area contributed by atoms with Gasteiger partial charge in [-0.3, -0.25) is 24.1 Å². The minimum Gasteiger partial charge on any atom is -0.504 e. The number of benzene rings is 4. The van der Waals surface area contributed by atoms with Crippen LogP contribution < -0.4 is 14.5 Å². The van der Waals surface area contributed by atoms with Crippen molar-refractivity contribution in [2.24, 2.45) is 23.7 Å². The van der Waals surface area contributed by atoms with Gasteiger partial charge in [-0.05, 0) is 72.9 Å². The van der Waals surface area contributed by atoms with Gasteiger partial charge in [0.2, 0.25) is 23.6 Å². The lowest BCUT2D eigenvalue weighted by molar-refractivity contribution is -0.127. The lowest BCUT2D eigenvalue weighted by Crippen LogP contribution is -2.53. The molecule has 0 spiro atoms. The van der Waals surface area contributed by atoms with Crippen molar-refractivity contribution in [2.75, 3.05) is 16.9 Å². The Kier molecular flexibility index (Phi) is 7.53. The minimum absolute atomic E-state index is 0.151. The molecule has 1 N–H and O–H groups in total. The first-order valence-corrected chi connectivity index (χ1v) is 17.2. The summed E-state index contributed by atoms with van der Waals surface area (Å²) in [5.41, 5.74) is 1.07. The van der Waals surface area contributed by atoms with E-state index in [-0.39, 0.29) is 36.2 Å². The zero-order valence-corrected chi connectivity index (χ0v) is 28.6. The Labute approximate surface area is 296 Å². The summed E-state index contributed by atoms with van der Waals surface area (Å²) in [4.78, 5) is 61.0. The molecule has 246 valence electrons. The number of para-hydroxylation sites is 1. The average Bonchev–Trinajstić information content (AvgIpc) is 3.50. The van der Waals surface area contributed by atoms with Crippen molar-refractivity contribution in [1.29, 1.82) is 0 Å². The Morgan fingerprint density at radius 1 is 0.816 bits per heavy atom. The second-order valence-corrected chi connectivity index (χ2v) is 14.3. The molecular formula is C39H30BrClN2O6. The number of phenolic OH excluding ortho intramolecular Hbond substituents is 1. The van der Waals surface area contributed by atoms with E-state index >= 15 is 4.79 Å². The number of amides is 4. The number of rotatable bonds is 5. The number of methoxy groups -OCH3 is 1. The maximum Gasteiger partial charge on any atom is 0.246 e. The number of ether oxygens (including phenoxy) is 1. The fourth-order valence-electron chi connectivity index (χ4n) is 8.87. The van der Waals surface area contributed by atoms with Gasteiger partial charge in [-0.1, -0.05) is 87.7 Å². The highest BCUT2D eigenvalue weighted by Gasteiger charge is 2.70. The molecule has 6 atom stereocenters. The summed E-state index contributed by atoms with van der Waals surface area (Å²) in [6.45, 7) is 0. The molecule has 2 aliphatic carbocycles. The molecule has 0 aromatic heterocycles. The molecule has 2 aliphatic heterocycles. The highest BCUT2D eigenvalue weighted by Crippen LogP contribution is 2.65. The van der Waals surface area contributed by atoms with Crippen LogP contribution in [0.5, 0.6) is 11.5 Å². The van der Waals surface area contributed by atoms with Crippen molar-refractivity contribution < 1.29 is 29.0 Å². The zero-order valence-electron chi connectivity index (χ0n) is 26.3. The van der Waals surface area contributed by atoms with Crippen LogP contribution in [0.4, 0.5) is 11.4 Å². The van der Waals surface area contributed by atoms with Crippen molar-refractivity contribution in [1.82, 2.24) is 0 Å². The molecule has 10 heteroatoms. The van der Waals surface area contributed by atoms with Crippen molar-refractivity contribution in [3.8, 4) is 11.5 Å². The van der Waals surface area contributed by atoms with Gasteiger partial charge in [0.25, 0.3) is 0 Å². The molecule has 0 radical (unpaired) electrons. The zero-order chi connectivity index (χ0) is 34.2. The second-order valence-electron chi connectivity index (χ2n) is 13.0. The largest absolute Gasteiger partial charge is 0.504 e. The second kappa shape index (κ2) is 11.7. The van der Waals surface area contributed by atoms with E-state index in [2.05, 4.69) is 15.9 Å². The monoisotopic (exact) mass is 736 g/mol. The molecule has 8 nitrogen and oxygen atoms in total. The SMILES string of the molecule is COc1cccc(C2C3=CCC4C(=O)N(c5ccc(Br)cc5)C(=O)C4C3CC3C(=O)N(c4cccc(Cl)c4)C(=O)C32c2ccccc2)c1O. The van der Waals surface area contributed by atoms with E-state index in [9.17, 15) is 19.5 Å². The van der Waals surface area contributed by atoms with Crippen LogP contribution >= 0.6 is 27.5 Å². The van der Waals surface area contributed by atoms with E-state index in [4.69, 9.17) is 16.3 Å². The summed E-state index contributed by atoms with van der Waals surface area (Å²) in [6.07, 6.45) is 2.38. The number of phenols is 1. The summed E-state index contributed by atoms with van der Waals surface area (Å²) in [7, 11) is 1.45. The first-order valence-electron chi connectivity index (χ1n) is 16.1. The standard InChI is InChI=1S/C39H30BrClN2O6/c1-49-31-12-6-11-28(34(31)44)33-26-17-18-27-32(37(47)42(35(27)45)24-15-13-22(40)14-16-24)29(26)20-30-36(46)43(25-10-5-9-23(41)19-25)38(48)39(30,33)21-7-3-2-4-8-21/h2-17,19,27,29-30,32-33,44H,18,20H2,1H3. The molecule has 4 aromatic rings. The number of nitrogens with zero attached hydrogens (tertiary/aromatic N) is 2. The third-order valence-electron chi connectivity index (χ3n) is 10.8. The third kappa shape index (κ3) is 4.48. The molecule has 49 heavy (non-hydrogen) atoms. The first-order chi connectivity index (χ1) is 23.7. The van der Waals surface area contributed by atoms with Crippen LogP contribution in [-0.2, 0) is 24.6 Å². The van der Waals surface area contributed by atoms with E-state index in [1.165, 1.54) is 16.9 Å². The molecule has 2 heterocycles. The fourth-order valence-corrected chi connectivity index (χ4v) is 9.32. The van der Waals surface area contributed by atoms with Crippen molar-refractivity contribution in [3.05, 3.63) is 129 Å². The van der Waals surface area contributed by atoms with Crippen LogP contribution in [0.1, 0.15) is 29.9 Å². The number of carbonyl (C=O) groups excluding carboxylic acids is 4. The maximum atomic E-state index is 15.3. The van der Waals surface area contributed by atoms with Gasteiger partial charge in [0.1, 0.15) is 0 Å². The summed E-state index contributed by atoms with van der Waals surface area (Å²) < 4.78 is 6.35. The van der Waals surface area contributed by atoms with Crippen molar-refractivity contribution >= 4 is 62.5 Å². The minimum atomic E-state index is -1.50. The van der Waals surface area contributed by atoms with Crippen LogP contribution in [0.25, 0.3) is 0 Å². The molecule has 0 bridgehead atoms. The van der Waals surface area contributed by atoms with Crippen LogP contribution in [0.15, 0.2) is 113 Å². The molecule has 3 fully saturated rings. The highest BCUT2D eigenvalue weighted by atomic mass is 79.9. The molecule has 4 amide bonds. The molecule has 4 aromatic carbocycles. The number of halogens is 2. The van der Waals surface area contributed by atoms with E-state index in [0.717, 1.165) is 10.0 Å². The number of aromatic hydroxyl groups is 1. The smallest absolute Gasteiger partial charge is 0.246 e. The average molecular weight is 738 g/mol. The van der Waals surface area contributed by atoms with Gasteiger partial charge in [0, 0.05) is 21.0 Å². The van der Waals surface area contributed by atoms with E-state index < -0.39 is 46.8 Å². The first kappa shape index (κ1) is 31.5. The number of fused-ring (bicyclic) bond motifs is 4. The Bertz CT molecular complexity index is 2080. The number of carbonyl (C=O) groups is 4. The Morgan fingerprint density at radius 2 is 1.55 bits per heavy atom. The number of hydrogen-bond acceptors (Lipinski definition) is 6. The maximum absolute atomic E-state index is 15.3. The number of imide groups is 2. The summed E-state index contributed by atoms with van der Waals surface area (Å²) in [6, 6.07) is 28.0. The Balaban J connectivity index is 1.37. The van der Waals surface area contributed by atoms with Crippen LogP contribution in [0.3, 0.4) is 0 Å². The van der Waals surface area contributed by atoms with Crippen LogP contribution in [-0.4, -0.2) is 35.8 Å². The molecular weight excluding hydrogens is 708 g/mol. The van der Waals surface area contributed by atoms with E-state index in [1.54, 1.807) is 66.7 Å². The topological polar surface area (TPSA) is 104 Å². The molecule has 4 aliphatic rings. The third-order valence-corrected chi connectivity index (χ3v) is 11.6. The summed E-state index contributed by atoms with van der Waals surface area (Å²) in [5.74, 6) is -5.22. The predicted molar refractivity (Wildman–Crippen MR) is 187 cm³/mol. The fraction of sp³-hybridized carbons (Fsp3) is 0.231. The summed E-state index contributed by atoms with van der Waals surface area (Å²) in [5, 5.41) is 12.1. The number of anilines is 2. The highest BCUT2D eigenvalue weighted by molar-refractivity contribution is 9.10. The van der Waals surface area contributed by atoms with Crippen molar-refractivity contribution in [3.63, 3.8) is 0 Å². The van der Waals surface area contributed by atoms with Gasteiger partial charge in [0.05, 0.1) is 41.7 Å². The van der Waals surface area contributed by atoms with Crippen LogP contribution in [0.2, 0.25) is 5.02 Å². The van der Waals surface area contributed by atoms with Gasteiger partial charge in [0.15, 0.2) is 11.5 Å². The number of allylic oxidation sites excluding steroid dienone is 2. The summed E-state index contributed by atoms with van der Waals surface area (Å²) >= 11 is 9.81. The van der Waals surface area contributed by atoms with Gasteiger partial charge < -0.3 is 9.84 Å². The number of hydrogen-bond donors (Lipinski definition) is 1. The predicted octanol–water partition coefficient (Wildman–Crippen LogP) is 7.18. The molecule has 1 saturated carbocycles. The van der Waals surface area contributed by atoms with E-state index in [1.807, 2.05) is 36.4 Å². The lowest BCUT2D eigenvalue weighted by atomic mass is 9.49. The quantitative estimate of drug-likeness (QED) is 0.172. The van der Waals surface area contributed by atoms with Crippen LogP contribution in [0, 0.1) is 23.7 Å². The van der Waals surface area contributed by atoms with Gasteiger partial charge in [-0.15, -0.1) is 0 Å². The van der Waals surface area contributed by atoms with Crippen molar-refractivity contribution in [2.45, 2.75) is 24.2 Å². The normalized spacial score (nSPS) is 27.5. The van der Waals surface area contributed by atoms with Gasteiger partial charge >= 0.3 is 0 Å². The van der Waals surface area contributed by atoms with Gasteiger partial charge in [-0.2, -0.15) is 0 Å². The molecule has 8 rings (SSSR count). The van der Waals surface area contributed by atoms with E-state index in [0.29, 0.717) is 27.5 Å².